The molecule has 0 radical (unpaired) electrons. The number of anilines is 1. The van der Waals surface area contributed by atoms with E-state index in [4.69, 9.17) is 4.74 Å². The lowest BCUT2D eigenvalue weighted by molar-refractivity contribution is -0.939. The monoisotopic (exact) mass is 485 g/mol. The SMILES string of the molecule is O=C(C[N+]12CCC(CC1)[C@@H](OC(=O)C(O)(c1ccsc1)c1ccsc1)C2)Nc1ccncn1. The summed E-state index contributed by atoms with van der Waals surface area (Å²) < 4.78 is 6.59. The first-order chi connectivity index (χ1) is 16.0. The Bertz CT molecular complexity index is 1060. The molecule has 0 saturated carbocycles. The van der Waals surface area contributed by atoms with Crippen molar-refractivity contribution in [2.24, 2.45) is 5.92 Å². The summed E-state index contributed by atoms with van der Waals surface area (Å²) in [6, 6.07) is 5.16. The maximum Gasteiger partial charge on any atom is 0.348 e. The van der Waals surface area contributed by atoms with Gasteiger partial charge in [0.05, 0.1) is 13.1 Å². The Kier molecular flexibility index (Phi) is 6.00. The maximum absolute atomic E-state index is 13.4. The number of ether oxygens (including phenoxy) is 1. The number of carbonyl (C=O) groups excluding carboxylic acids is 2. The zero-order valence-corrected chi connectivity index (χ0v) is 19.6. The highest BCUT2D eigenvalue weighted by Gasteiger charge is 2.51. The highest BCUT2D eigenvalue weighted by Crippen LogP contribution is 2.39. The lowest BCUT2D eigenvalue weighted by Crippen LogP contribution is -2.66. The molecule has 3 aromatic rings. The molecule has 3 aliphatic rings. The predicted molar refractivity (Wildman–Crippen MR) is 125 cm³/mol. The molecule has 8 nitrogen and oxygen atoms in total. The van der Waals surface area contributed by atoms with Crippen LogP contribution in [0.4, 0.5) is 5.82 Å². The lowest BCUT2D eigenvalue weighted by Gasteiger charge is -2.51. The van der Waals surface area contributed by atoms with E-state index in [1.54, 1.807) is 35.2 Å². The number of quaternary nitrogens is 1. The van der Waals surface area contributed by atoms with Crippen LogP contribution < -0.4 is 5.32 Å². The molecule has 0 spiro atoms. The topological polar surface area (TPSA) is 101 Å². The van der Waals surface area contributed by atoms with Crippen LogP contribution in [0.25, 0.3) is 0 Å². The highest BCUT2D eigenvalue weighted by atomic mass is 32.1. The second-order valence-electron chi connectivity index (χ2n) is 8.79. The number of nitrogens with zero attached hydrogens (tertiary/aromatic N) is 3. The van der Waals surface area contributed by atoms with Crippen LogP contribution in [0.2, 0.25) is 0 Å². The van der Waals surface area contributed by atoms with Gasteiger partial charge in [0.25, 0.3) is 5.91 Å². The van der Waals surface area contributed by atoms with Gasteiger partial charge in [-0.15, -0.1) is 0 Å². The minimum Gasteiger partial charge on any atom is -0.453 e. The number of thiophene rings is 2. The average molecular weight is 486 g/mol. The van der Waals surface area contributed by atoms with E-state index in [0.29, 0.717) is 34.5 Å². The van der Waals surface area contributed by atoms with Crippen molar-refractivity contribution in [3.8, 4) is 0 Å². The minimum absolute atomic E-state index is 0.118. The first kappa shape index (κ1) is 22.1. The second kappa shape index (κ2) is 8.94. The Morgan fingerprint density at radius 2 is 1.85 bits per heavy atom. The van der Waals surface area contributed by atoms with E-state index < -0.39 is 11.6 Å². The van der Waals surface area contributed by atoms with Crippen molar-refractivity contribution < 1.29 is 23.9 Å². The van der Waals surface area contributed by atoms with E-state index in [9.17, 15) is 14.7 Å². The van der Waals surface area contributed by atoms with Gasteiger partial charge in [0.1, 0.15) is 18.7 Å². The number of rotatable bonds is 7. The first-order valence-corrected chi connectivity index (χ1v) is 12.8. The lowest BCUT2D eigenvalue weighted by atomic mass is 9.82. The molecule has 0 aliphatic carbocycles. The summed E-state index contributed by atoms with van der Waals surface area (Å²) in [5, 5.41) is 21.6. The van der Waals surface area contributed by atoms with Gasteiger partial charge >= 0.3 is 5.97 Å². The molecule has 172 valence electrons. The van der Waals surface area contributed by atoms with Gasteiger partial charge in [-0.2, -0.15) is 22.7 Å². The largest absolute Gasteiger partial charge is 0.453 e. The molecule has 3 aliphatic heterocycles. The summed E-state index contributed by atoms with van der Waals surface area (Å²) >= 11 is 2.85. The Morgan fingerprint density at radius 3 is 2.42 bits per heavy atom. The van der Waals surface area contributed by atoms with Crippen molar-refractivity contribution >= 4 is 40.4 Å². The van der Waals surface area contributed by atoms with Crippen LogP contribution >= 0.6 is 22.7 Å². The molecule has 0 unspecified atom stereocenters. The number of fused-ring (bicyclic) bond motifs is 3. The number of hydrogen-bond acceptors (Lipinski definition) is 8. The molecule has 2 bridgehead atoms. The normalized spacial score (nSPS) is 24.4. The fourth-order valence-electron chi connectivity index (χ4n) is 4.99. The van der Waals surface area contributed by atoms with Crippen LogP contribution in [0, 0.1) is 5.92 Å². The number of esters is 1. The third-order valence-corrected chi connectivity index (χ3v) is 8.17. The minimum atomic E-state index is -1.83. The van der Waals surface area contributed by atoms with E-state index in [-0.39, 0.29) is 17.9 Å². The summed E-state index contributed by atoms with van der Waals surface area (Å²) in [6.45, 7) is 2.60. The Hall–Kier alpha value is -2.66. The van der Waals surface area contributed by atoms with E-state index in [2.05, 4.69) is 15.3 Å². The van der Waals surface area contributed by atoms with Gasteiger partial charge < -0.3 is 19.6 Å². The quantitative estimate of drug-likeness (QED) is 0.394. The number of nitrogens with one attached hydrogen (secondary N) is 1. The summed E-state index contributed by atoms with van der Waals surface area (Å²) in [7, 11) is 0. The van der Waals surface area contributed by atoms with Gasteiger partial charge in [-0.1, -0.05) is 0 Å². The van der Waals surface area contributed by atoms with Crippen molar-refractivity contribution in [3.63, 3.8) is 0 Å². The van der Waals surface area contributed by atoms with Crippen molar-refractivity contribution in [2.75, 3.05) is 31.5 Å². The van der Waals surface area contributed by atoms with Crippen molar-refractivity contribution in [2.45, 2.75) is 24.5 Å². The van der Waals surface area contributed by atoms with E-state index in [1.165, 1.54) is 29.0 Å². The number of aliphatic hydroxyl groups is 1. The van der Waals surface area contributed by atoms with Crippen LogP contribution in [-0.2, 0) is 19.9 Å². The van der Waals surface area contributed by atoms with Gasteiger partial charge in [0, 0.05) is 36.1 Å². The smallest absolute Gasteiger partial charge is 0.348 e. The average Bonchev–Trinajstić information content (AvgIpc) is 3.54. The van der Waals surface area contributed by atoms with Crippen LogP contribution in [0.5, 0.6) is 0 Å². The summed E-state index contributed by atoms with van der Waals surface area (Å²) in [4.78, 5) is 34.1. The highest BCUT2D eigenvalue weighted by molar-refractivity contribution is 7.08. The van der Waals surface area contributed by atoms with E-state index in [1.807, 2.05) is 10.8 Å². The zero-order valence-electron chi connectivity index (χ0n) is 17.9. The third-order valence-electron chi connectivity index (χ3n) is 6.80. The zero-order chi connectivity index (χ0) is 22.9. The van der Waals surface area contributed by atoms with Crippen molar-refractivity contribution in [1.29, 1.82) is 0 Å². The van der Waals surface area contributed by atoms with Crippen LogP contribution in [-0.4, -0.2) is 63.7 Å². The molecule has 3 fully saturated rings. The Morgan fingerprint density at radius 1 is 1.15 bits per heavy atom. The van der Waals surface area contributed by atoms with Crippen LogP contribution in [0.3, 0.4) is 0 Å². The van der Waals surface area contributed by atoms with Crippen molar-refractivity contribution in [1.82, 2.24) is 9.97 Å². The van der Waals surface area contributed by atoms with Gasteiger partial charge in [0.2, 0.25) is 5.60 Å². The molecular formula is C23H25N4O4S2+. The van der Waals surface area contributed by atoms with E-state index in [0.717, 1.165) is 25.9 Å². The predicted octanol–water partition coefficient (Wildman–Crippen LogP) is 2.63. The van der Waals surface area contributed by atoms with E-state index >= 15 is 0 Å². The van der Waals surface area contributed by atoms with Crippen molar-refractivity contribution in [3.05, 3.63) is 63.4 Å². The number of hydrogen-bond donors (Lipinski definition) is 2. The van der Waals surface area contributed by atoms with Gasteiger partial charge in [0.15, 0.2) is 12.6 Å². The van der Waals surface area contributed by atoms with Gasteiger partial charge in [-0.25, -0.2) is 14.8 Å². The molecule has 6 heterocycles. The van der Waals surface area contributed by atoms with Crippen LogP contribution in [0.1, 0.15) is 24.0 Å². The molecule has 6 rings (SSSR count). The van der Waals surface area contributed by atoms with Gasteiger partial charge in [-0.05, 0) is 39.7 Å². The summed E-state index contributed by atoms with van der Waals surface area (Å²) in [6.07, 6.45) is 4.41. The standard InChI is InChI=1S/C23H24N4O4S2/c28-21(26-20-1-6-24-15-25-20)12-27-7-2-16(3-8-27)19(11-27)31-22(29)23(30,17-4-9-32-13-17)18-5-10-33-14-18/h1,4-6,9-10,13-16,19,30H,2-3,7-8,11-12H2/p+1/t16?,19-,27?/m0/s1. The van der Waals surface area contributed by atoms with Gasteiger partial charge in [-0.3, -0.25) is 4.79 Å². The number of aromatic nitrogens is 2. The second-order valence-corrected chi connectivity index (χ2v) is 10.3. The van der Waals surface area contributed by atoms with Crippen LogP contribution in [0.15, 0.2) is 52.2 Å². The Balaban J connectivity index is 1.31. The summed E-state index contributed by atoms with van der Waals surface area (Å²) in [5.41, 5.74) is -0.795. The molecule has 1 amide bonds. The molecule has 3 aromatic heterocycles. The first-order valence-electron chi connectivity index (χ1n) is 10.9. The number of piperidine rings is 3. The fraction of sp³-hybridized carbons (Fsp3) is 0.391. The molecule has 2 N–H and O–H groups in total. The summed E-state index contributed by atoms with van der Waals surface area (Å²) in [5.74, 6) is -0.0541. The number of amides is 1. The molecule has 0 aromatic carbocycles. The molecule has 33 heavy (non-hydrogen) atoms. The Labute approximate surface area is 199 Å². The molecule has 3 saturated heterocycles. The molecule has 1 atom stereocenters. The number of carbonyl (C=O) groups is 2. The molecule has 10 heteroatoms. The third kappa shape index (κ3) is 4.31. The fourth-order valence-corrected chi connectivity index (χ4v) is 6.39. The molecular weight excluding hydrogens is 460 g/mol. The maximum atomic E-state index is 13.4.